The Balaban J connectivity index is 2.53. The van der Waals surface area contributed by atoms with E-state index in [9.17, 15) is 14.7 Å². The third kappa shape index (κ3) is 4.38. The number of carbonyl (C=O) groups excluding carboxylic acids is 1. The molecular formula is C13H23NO4S. The number of amides is 1. The van der Waals surface area contributed by atoms with Crippen LogP contribution in [0.2, 0.25) is 0 Å². The molecule has 2 unspecified atom stereocenters. The molecule has 19 heavy (non-hydrogen) atoms. The molecule has 0 heterocycles. The maximum atomic E-state index is 11.9. The Kier molecular flexibility index (Phi) is 6.65. The van der Waals surface area contributed by atoms with Crippen LogP contribution in [0, 0.1) is 5.92 Å². The van der Waals surface area contributed by atoms with E-state index in [1.165, 1.54) is 11.8 Å². The zero-order valence-corrected chi connectivity index (χ0v) is 12.4. The molecule has 0 aromatic carbocycles. The lowest BCUT2D eigenvalue weighted by atomic mass is 9.73. The average molecular weight is 289 g/mol. The number of ether oxygens (including phenoxy) is 1. The van der Waals surface area contributed by atoms with Crippen molar-refractivity contribution in [2.75, 3.05) is 25.2 Å². The molecule has 1 amide bonds. The van der Waals surface area contributed by atoms with E-state index < -0.39 is 11.5 Å². The number of thioether (sulfide) groups is 1. The maximum absolute atomic E-state index is 11.9. The molecule has 1 fully saturated rings. The zero-order valence-electron chi connectivity index (χ0n) is 11.6. The molecular weight excluding hydrogens is 266 g/mol. The molecule has 0 spiro atoms. The minimum atomic E-state index is -1.07. The van der Waals surface area contributed by atoms with E-state index in [2.05, 4.69) is 5.32 Å². The number of hydrogen-bond donors (Lipinski definition) is 2. The minimum Gasteiger partial charge on any atom is -0.479 e. The van der Waals surface area contributed by atoms with E-state index >= 15 is 0 Å². The van der Waals surface area contributed by atoms with E-state index in [0.717, 1.165) is 25.0 Å². The van der Waals surface area contributed by atoms with Gasteiger partial charge in [-0.15, -0.1) is 11.8 Å². The monoisotopic (exact) mass is 289 g/mol. The molecule has 0 bridgehead atoms. The van der Waals surface area contributed by atoms with E-state index in [4.69, 9.17) is 4.74 Å². The highest BCUT2D eigenvalue weighted by Crippen LogP contribution is 2.34. The van der Waals surface area contributed by atoms with Gasteiger partial charge in [0, 0.05) is 12.9 Å². The molecule has 5 nitrogen and oxygen atoms in total. The van der Waals surface area contributed by atoms with Gasteiger partial charge < -0.3 is 15.2 Å². The van der Waals surface area contributed by atoms with E-state index in [1.54, 1.807) is 7.11 Å². The quantitative estimate of drug-likeness (QED) is 0.695. The fraction of sp³-hybridized carbons (Fsp3) is 0.846. The number of methoxy groups -OCH3 is 1. The van der Waals surface area contributed by atoms with Crippen molar-refractivity contribution in [3.05, 3.63) is 0 Å². The second-order valence-electron chi connectivity index (χ2n) is 5.02. The molecule has 1 aliphatic carbocycles. The average Bonchev–Trinajstić information content (AvgIpc) is 2.37. The summed E-state index contributed by atoms with van der Waals surface area (Å²) in [5.41, 5.74) is -1.07. The summed E-state index contributed by atoms with van der Waals surface area (Å²) in [4.78, 5) is 23.5. The highest BCUT2D eigenvalue weighted by atomic mass is 32.2. The van der Waals surface area contributed by atoms with Crippen LogP contribution in [-0.4, -0.2) is 47.7 Å². The summed E-state index contributed by atoms with van der Waals surface area (Å²) in [6.07, 6.45) is 3.27. The van der Waals surface area contributed by atoms with Gasteiger partial charge in [0.15, 0.2) is 0 Å². The van der Waals surface area contributed by atoms with Crippen LogP contribution in [0.15, 0.2) is 0 Å². The van der Waals surface area contributed by atoms with Crippen molar-refractivity contribution < 1.29 is 19.4 Å². The predicted molar refractivity (Wildman–Crippen MR) is 75.3 cm³/mol. The van der Waals surface area contributed by atoms with Crippen LogP contribution in [-0.2, 0) is 14.3 Å². The molecule has 0 saturated heterocycles. The molecule has 0 aromatic rings. The normalized spacial score (nSPS) is 26.9. The van der Waals surface area contributed by atoms with Crippen LogP contribution in [0.4, 0.5) is 0 Å². The van der Waals surface area contributed by atoms with E-state index in [1.807, 2.05) is 6.92 Å². The van der Waals surface area contributed by atoms with Crippen molar-refractivity contribution in [1.82, 2.24) is 5.32 Å². The van der Waals surface area contributed by atoms with Crippen molar-refractivity contribution >= 4 is 23.6 Å². The van der Waals surface area contributed by atoms with Crippen molar-refractivity contribution in [3.8, 4) is 0 Å². The molecule has 1 rings (SSSR count). The molecule has 110 valence electrons. The lowest BCUT2D eigenvalue weighted by Crippen LogP contribution is -2.60. The molecule has 6 heteroatoms. The van der Waals surface area contributed by atoms with Gasteiger partial charge in [-0.1, -0.05) is 19.8 Å². The number of hydrogen-bond acceptors (Lipinski definition) is 4. The van der Waals surface area contributed by atoms with Crippen LogP contribution >= 0.6 is 11.8 Å². The zero-order chi connectivity index (χ0) is 14.3. The summed E-state index contributed by atoms with van der Waals surface area (Å²) >= 11 is 1.46. The van der Waals surface area contributed by atoms with Gasteiger partial charge in [0.05, 0.1) is 12.4 Å². The van der Waals surface area contributed by atoms with Crippen LogP contribution in [0.3, 0.4) is 0 Å². The van der Waals surface area contributed by atoms with Crippen molar-refractivity contribution in [3.63, 3.8) is 0 Å². The van der Waals surface area contributed by atoms with Gasteiger partial charge in [-0.05, 0) is 18.8 Å². The summed E-state index contributed by atoms with van der Waals surface area (Å²) in [5, 5.41) is 12.2. The summed E-state index contributed by atoms with van der Waals surface area (Å²) < 4.78 is 4.90. The summed E-state index contributed by atoms with van der Waals surface area (Å²) in [6, 6.07) is 0. The maximum Gasteiger partial charge on any atom is 0.329 e. The first kappa shape index (κ1) is 16.3. The molecule has 1 saturated carbocycles. The van der Waals surface area contributed by atoms with Crippen LogP contribution < -0.4 is 5.32 Å². The third-order valence-electron chi connectivity index (χ3n) is 3.71. The van der Waals surface area contributed by atoms with Gasteiger partial charge in [-0.2, -0.15) is 0 Å². The summed E-state index contributed by atoms with van der Waals surface area (Å²) in [7, 11) is 1.61. The summed E-state index contributed by atoms with van der Waals surface area (Å²) in [6.45, 7) is 2.50. The number of rotatable bonds is 7. The third-order valence-corrected chi connectivity index (χ3v) is 4.63. The number of carbonyl (C=O) groups is 2. The highest BCUT2D eigenvalue weighted by Gasteiger charge is 2.46. The fourth-order valence-electron chi connectivity index (χ4n) is 2.50. The standard InChI is InChI=1S/C13H23NO4S/c1-10-5-3-4-6-13(10,12(16)17)14-11(15)9-19-8-7-18-2/h10H,3-9H2,1-2H3,(H,14,15)(H,16,17). The number of nitrogens with one attached hydrogen (secondary N) is 1. The first-order valence-electron chi connectivity index (χ1n) is 6.64. The number of carboxylic acids is 1. The SMILES string of the molecule is COCCSCC(=O)NC1(C(=O)O)CCCCC1C. The molecule has 0 radical (unpaired) electrons. The Labute approximate surface area is 118 Å². The van der Waals surface area contributed by atoms with Gasteiger partial charge in [0.25, 0.3) is 0 Å². The second-order valence-corrected chi connectivity index (χ2v) is 6.12. The van der Waals surface area contributed by atoms with Gasteiger partial charge in [0.2, 0.25) is 5.91 Å². The van der Waals surface area contributed by atoms with Gasteiger partial charge in [0.1, 0.15) is 5.54 Å². The summed E-state index contributed by atoms with van der Waals surface area (Å²) in [5.74, 6) is -0.108. The Morgan fingerprint density at radius 3 is 2.79 bits per heavy atom. The first-order valence-corrected chi connectivity index (χ1v) is 7.79. The van der Waals surface area contributed by atoms with Crippen LogP contribution in [0.25, 0.3) is 0 Å². The Hall–Kier alpha value is -0.750. The highest BCUT2D eigenvalue weighted by molar-refractivity contribution is 7.99. The predicted octanol–water partition coefficient (Wildman–Crippen LogP) is 1.52. The number of carboxylic acid groups (broad SMARTS) is 1. The molecule has 2 N–H and O–H groups in total. The van der Waals surface area contributed by atoms with Gasteiger partial charge >= 0.3 is 5.97 Å². The topological polar surface area (TPSA) is 75.6 Å². The largest absolute Gasteiger partial charge is 0.479 e. The van der Waals surface area contributed by atoms with E-state index in [-0.39, 0.29) is 17.6 Å². The smallest absolute Gasteiger partial charge is 0.329 e. The minimum absolute atomic E-state index is 0.0216. The van der Waals surface area contributed by atoms with Crippen LogP contribution in [0.5, 0.6) is 0 Å². The van der Waals surface area contributed by atoms with E-state index in [0.29, 0.717) is 13.0 Å². The lowest BCUT2D eigenvalue weighted by molar-refractivity contribution is -0.151. The molecule has 0 aromatic heterocycles. The Bertz CT molecular complexity index is 324. The van der Waals surface area contributed by atoms with Crippen molar-refractivity contribution in [2.24, 2.45) is 5.92 Å². The van der Waals surface area contributed by atoms with Gasteiger partial charge in [-0.25, -0.2) is 4.79 Å². The van der Waals surface area contributed by atoms with Crippen LogP contribution in [0.1, 0.15) is 32.6 Å². The number of aliphatic carboxylic acids is 1. The van der Waals surface area contributed by atoms with Gasteiger partial charge in [-0.3, -0.25) is 4.79 Å². The van der Waals surface area contributed by atoms with Crippen molar-refractivity contribution in [1.29, 1.82) is 0 Å². The molecule has 0 aliphatic heterocycles. The Morgan fingerprint density at radius 2 is 2.21 bits per heavy atom. The molecule has 2 atom stereocenters. The Morgan fingerprint density at radius 1 is 1.47 bits per heavy atom. The molecule has 1 aliphatic rings. The second kappa shape index (κ2) is 7.75. The van der Waals surface area contributed by atoms with Crippen molar-refractivity contribution in [2.45, 2.75) is 38.1 Å². The fourth-order valence-corrected chi connectivity index (χ4v) is 3.18. The lowest BCUT2D eigenvalue weighted by Gasteiger charge is -2.39. The first-order chi connectivity index (χ1) is 9.03.